The minimum absolute atomic E-state index is 0.0925. The molecule has 1 N–H and O–H groups in total. The normalized spacial score (nSPS) is 22.8. The molecule has 0 unspecified atom stereocenters. The van der Waals surface area contributed by atoms with Gasteiger partial charge in [-0.2, -0.15) is 0 Å². The summed E-state index contributed by atoms with van der Waals surface area (Å²) in [5.74, 6) is 0.444. The van der Waals surface area contributed by atoms with Crippen molar-refractivity contribution in [2.24, 2.45) is 5.92 Å². The van der Waals surface area contributed by atoms with Crippen molar-refractivity contribution in [2.75, 3.05) is 26.3 Å². The lowest BCUT2D eigenvalue weighted by atomic mass is 10.0. The van der Waals surface area contributed by atoms with Crippen molar-refractivity contribution in [2.45, 2.75) is 45.2 Å². The van der Waals surface area contributed by atoms with Gasteiger partial charge in [0, 0.05) is 44.1 Å². The Balaban J connectivity index is 1.37. The highest BCUT2D eigenvalue weighted by Crippen LogP contribution is 2.33. The van der Waals surface area contributed by atoms with E-state index in [0.29, 0.717) is 49.7 Å². The molecule has 0 radical (unpaired) electrons. The minimum atomic E-state index is -0.225. The number of amides is 2. The number of nitrogens with one attached hydrogen (secondary N) is 1. The molecular weight excluding hydrogens is 410 g/mol. The lowest BCUT2D eigenvalue weighted by Crippen LogP contribution is -2.41. The summed E-state index contributed by atoms with van der Waals surface area (Å²) in [7, 11) is 0. The highest BCUT2D eigenvalue weighted by molar-refractivity contribution is 5.95. The van der Waals surface area contributed by atoms with Gasteiger partial charge >= 0.3 is 0 Å². The number of ether oxygens (including phenoxy) is 1. The van der Waals surface area contributed by atoms with Crippen LogP contribution < -0.4 is 5.56 Å². The summed E-state index contributed by atoms with van der Waals surface area (Å²) in [6.07, 6.45) is 6.20. The third-order valence-corrected chi connectivity index (χ3v) is 6.76. The first-order valence-corrected chi connectivity index (χ1v) is 11.2. The van der Waals surface area contributed by atoms with E-state index in [1.54, 1.807) is 23.4 Å². The average Bonchev–Trinajstić information content (AvgIpc) is 3.51. The van der Waals surface area contributed by atoms with E-state index in [9.17, 15) is 14.4 Å². The number of H-pyrrole nitrogens is 1. The molecule has 2 aromatic rings. The first-order chi connectivity index (χ1) is 15.5. The fourth-order valence-electron chi connectivity index (χ4n) is 4.94. The molecule has 0 bridgehead atoms. The Morgan fingerprint density at radius 1 is 1.25 bits per heavy atom. The van der Waals surface area contributed by atoms with E-state index in [1.165, 1.54) is 0 Å². The van der Waals surface area contributed by atoms with Crippen molar-refractivity contribution >= 4 is 11.8 Å². The predicted molar refractivity (Wildman–Crippen MR) is 115 cm³/mol. The lowest BCUT2D eigenvalue weighted by molar-refractivity contribution is -0.136. The van der Waals surface area contributed by atoms with Crippen LogP contribution in [0.3, 0.4) is 0 Å². The van der Waals surface area contributed by atoms with Crippen molar-refractivity contribution in [1.82, 2.24) is 24.8 Å². The van der Waals surface area contributed by atoms with Gasteiger partial charge in [0.15, 0.2) is 0 Å². The van der Waals surface area contributed by atoms with Crippen LogP contribution in [-0.2, 0) is 22.5 Å². The molecule has 2 fully saturated rings. The summed E-state index contributed by atoms with van der Waals surface area (Å²) in [5, 5.41) is 0. The number of rotatable bonds is 3. The van der Waals surface area contributed by atoms with Gasteiger partial charge in [0.25, 0.3) is 11.5 Å². The van der Waals surface area contributed by atoms with Crippen LogP contribution in [0.5, 0.6) is 0 Å². The Hall–Kier alpha value is -3.07. The van der Waals surface area contributed by atoms with E-state index < -0.39 is 0 Å². The van der Waals surface area contributed by atoms with Crippen LogP contribution in [0.25, 0.3) is 0 Å². The number of pyridine rings is 1. The van der Waals surface area contributed by atoms with Crippen LogP contribution in [0.1, 0.15) is 58.3 Å². The largest absolute Gasteiger partial charge is 0.381 e. The van der Waals surface area contributed by atoms with Crippen LogP contribution in [0, 0.1) is 12.8 Å². The Morgan fingerprint density at radius 3 is 2.91 bits per heavy atom. The monoisotopic (exact) mass is 437 g/mol. The smallest absolute Gasteiger partial charge is 0.256 e. The zero-order chi connectivity index (χ0) is 22.2. The van der Waals surface area contributed by atoms with Gasteiger partial charge in [0.2, 0.25) is 5.91 Å². The molecule has 5 heterocycles. The molecule has 5 rings (SSSR count). The van der Waals surface area contributed by atoms with E-state index >= 15 is 0 Å². The molecule has 32 heavy (non-hydrogen) atoms. The SMILES string of the molecule is Cc1cnccc1C(=O)N1CCc2nc([C@H]3CCCN3C(=O)[C@@H]3CCOC3)[nH]c(=O)c2C1. The van der Waals surface area contributed by atoms with Crippen molar-refractivity contribution in [1.29, 1.82) is 0 Å². The number of nitrogens with zero attached hydrogens (tertiary/aromatic N) is 4. The van der Waals surface area contributed by atoms with Crippen LogP contribution >= 0.6 is 0 Å². The zero-order valence-electron chi connectivity index (χ0n) is 18.2. The van der Waals surface area contributed by atoms with Gasteiger partial charge in [-0.1, -0.05) is 0 Å². The fourth-order valence-corrected chi connectivity index (χ4v) is 4.94. The minimum Gasteiger partial charge on any atom is -0.381 e. The van der Waals surface area contributed by atoms with E-state index in [-0.39, 0.29) is 35.9 Å². The number of likely N-dealkylation sites (tertiary alicyclic amines) is 1. The molecule has 2 saturated heterocycles. The zero-order valence-corrected chi connectivity index (χ0v) is 18.2. The van der Waals surface area contributed by atoms with Crippen molar-refractivity contribution in [3.8, 4) is 0 Å². The highest BCUT2D eigenvalue weighted by atomic mass is 16.5. The molecule has 0 saturated carbocycles. The maximum atomic E-state index is 13.0. The van der Waals surface area contributed by atoms with Crippen molar-refractivity contribution < 1.29 is 14.3 Å². The van der Waals surface area contributed by atoms with Crippen LogP contribution in [0.2, 0.25) is 0 Å². The Kier molecular flexibility index (Phi) is 5.50. The molecule has 168 valence electrons. The molecule has 2 amide bonds. The van der Waals surface area contributed by atoms with Gasteiger partial charge in [-0.25, -0.2) is 4.98 Å². The summed E-state index contributed by atoms with van der Waals surface area (Å²) in [5.41, 5.74) is 2.44. The fraction of sp³-hybridized carbons (Fsp3) is 0.522. The standard InChI is InChI=1S/C23H27N5O4/c1-14-11-24-7-4-16(14)23(31)27-9-5-18-17(12-27)21(29)26-20(25-18)19-3-2-8-28(19)22(30)15-6-10-32-13-15/h4,7,11,15,19H,2-3,5-6,8-10,12-13H2,1H3,(H,25,26,29)/t15-,19-/m1/s1. The number of aromatic amines is 1. The molecule has 3 aliphatic heterocycles. The first kappa shape index (κ1) is 20.8. The Morgan fingerprint density at radius 2 is 2.12 bits per heavy atom. The second-order valence-electron chi connectivity index (χ2n) is 8.79. The van der Waals surface area contributed by atoms with E-state index in [0.717, 1.165) is 30.5 Å². The number of hydrogen-bond donors (Lipinski definition) is 1. The van der Waals surface area contributed by atoms with Crippen LogP contribution in [0.15, 0.2) is 23.3 Å². The predicted octanol–water partition coefficient (Wildman–Crippen LogP) is 1.37. The van der Waals surface area contributed by atoms with Gasteiger partial charge in [0.05, 0.1) is 36.4 Å². The number of aromatic nitrogens is 3. The molecule has 2 atom stereocenters. The van der Waals surface area contributed by atoms with Gasteiger partial charge < -0.3 is 19.5 Å². The van der Waals surface area contributed by atoms with Crippen molar-refractivity contribution in [3.05, 3.63) is 57.0 Å². The van der Waals surface area contributed by atoms with Gasteiger partial charge in [-0.05, 0) is 37.8 Å². The second-order valence-corrected chi connectivity index (χ2v) is 8.79. The number of fused-ring (bicyclic) bond motifs is 1. The Labute approximate surface area is 185 Å². The van der Waals surface area contributed by atoms with Gasteiger partial charge in [-0.15, -0.1) is 0 Å². The molecule has 0 aliphatic carbocycles. The van der Waals surface area contributed by atoms with Crippen LogP contribution in [-0.4, -0.2) is 62.9 Å². The topological polar surface area (TPSA) is 108 Å². The summed E-state index contributed by atoms with van der Waals surface area (Å²) in [6, 6.07) is 1.50. The van der Waals surface area contributed by atoms with Gasteiger partial charge in [0.1, 0.15) is 5.82 Å². The molecule has 9 nitrogen and oxygen atoms in total. The maximum absolute atomic E-state index is 13.0. The number of carbonyl (C=O) groups is 2. The van der Waals surface area contributed by atoms with Crippen LogP contribution in [0.4, 0.5) is 0 Å². The summed E-state index contributed by atoms with van der Waals surface area (Å²) in [4.78, 5) is 54.2. The third-order valence-electron chi connectivity index (χ3n) is 6.76. The summed E-state index contributed by atoms with van der Waals surface area (Å²) >= 11 is 0. The van der Waals surface area contributed by atoms with E-state index in [1.807, 2.05) is 11.8 Å². The highest BCUT2D eigenvalue weighted by Gasteiger charge is 2.37. The number of hydrogen-bond acceptors (Lipinski definition) is 6. The molecule has 0 spiro atoms. The van der Waals surface area contributed by atoms with Gasteiger partial charge in [-0.3, -0.25) is 19.4 Å². The quantitative estimate of drug-likeness (QED) is 0.777. The first-order valence-electron chi connectivity index (χ1n) is 11.2. The molecular formula is C23H27N5O4. The Bertz CT molecular complexity index is 1110. The molecule has 0 aromatic carbocycles. The second kappa shape index (κ2) is 8.46. The lowest BCUT2D eigenvalue weighted by Gasteiger charge is -2.30. The molecule has 3 aliphatic rings. The third kappa shape index (κ3) is 3.70. The summed E-state index contributed by atoms with van der Waals surface area (Å²) < 4.78 is 5.38. The van der Waals surface area contributed by atoms with E-state index in [4.69, 9.17) is 9.72 Å². The molecule has 2 aromatic heterocycles. The molecule has 9 heteroatoms. The maximum Gasteiger partial charge on any atom is 0.256 e. The summed E-state index contributed by atoms with van der Waals surface area (Å²) in [6.45, 7) is 4.34. The average molecular weight is 438 g/mol. The van der Waals surface area contributed by atoms with Crippen molar-refractivity contribution in [3.63, 3.8) is 0 Å². The number of aryl methyl sites for hydroxylation is 1. The number of carbonyl (C=O) groups excluding carboxylic acids is 2. The van der Waals surface area contributed by atoms with E-state index in [2.05, 4.69) is 9.97 Å².